The molecule has 5 heteroatoms. The highest BCUT2D eigenvalue weighted by molar-refractivity contribution is 6.02. The first-order chi connectivity index (χ1) is 10.7. The highest BCUT2D eigenvalue weighted by atomic mass is 16.5. The Kier molecular flexibility index (Phi) is 5.89. The van der Waals surface area contributed by atoms with Crippen LogP contribution in [-0.4, -0.2) is 22.7 Å². The number of ether oxygens (including phenoxy) is 1. The maximum Gasteiger partial charge on any atom is 0.276 e. The summed E-state index contributed by atoms with van der Waals surface area (Å²) in [6.45, 7) is 4.56. The summed E-state index contributed by atoms with van der Waals surface area (Å²) >= 11 is 0. The summed E-state index contributed by atoms with van der Waals surface area (Å²) < 4.78 is 5.20. The molecular weight excluding hydrogens is 278 g/mol. The van der Waals surface area contributed by atoms with Gasteiger partial charge in [0.05, 0.1) is 6.61 Å². The van der Waals surface area contributed by atoms with E-state index in [4.69, 9.17) is 4.74 Å². The zero-order valence-corrected chi connectivity index (χ0v) is 13.0. The molecule has 0 atom stereocenters. The first-order valence-electron chi connectivity index (χ1n) is 7.59. The first-order valence-corrected chi connectivity index (χ1v) is 7.59. The van der Waals surface area contributed by atoms with Crippen LogP contribution in [0.4, 0.5) is 5.69 Å². The summed E-state index contributed by atoms with van der Waals surface area (Å²) in [4.78, 5) is 12.1. The zero-order chi connectivity index (χ0) is 15.8. The van der Waals surface area contributed by atoms with Crippen LogP contribution in [0.5, 0.6) is 5.88 Å². The minimum absolute atomic E-state index is 0.263. The summed E-state index contributed by atoms with van der Waals surface area (Å²) in [5.41, 5.74) is 2.29. The molecule has 1 aromatic heterocycles. The number of carbonyl (C=O) groups is 1. The standard InChI is InChI=1S/C17H21N3O2/c1-3-5-6-13-7-9-14(10-8-13)18-17(21)15-11-12-16(20-19-15)22-4-2/h7-12H,3-6H2,1-2H3,(H,18,21). The Morgan fingerprint density at radius 3 is 2.45 bits per heavy atom. The van der Waals surface area contributed by atoms with Gasteiger partial charge in [0.25, 0.3) is 5.91 Å². The number of rotatable bonds is 7. The Morgan fingerprint density at radius 1 is 1.09 bits per heavy atom. The number of hydrogen-bond donors (Lipinski definition) is 1. The van der Waals surface area contributed by atoms with E-state index >= 15 is 0 Å². The molecule has 0 spiro atoms. The summed E-state index contributed by atoms with van der Waals surface area (Å²) in [6, 6.07) is 11.1. The number of hydrogen-bond acceptors (Lipinski definition) is 4. The molecule has 2 rings (SSSR count). The summed E-state index contributed by atoms with van der Waals surface area (Å²) in [6.07, 6.45) is 3.41. The molecule has 2 aromatic rings. The molecule has 0 aliphatic rings. The van der Waals surface area contributed by atoms with Gasteiger partial charge in [-0.15, -0.1) is 10.2 Å². The molecule has 0 fully saturated rings. The second-order valence-electron chi connectivity index (χ2n) is 4.94. The molecule has 0 bridgehead atoms. The molecule has 0 aliphatic heterocycles. The molecule has 1 heterocycles. The Morgan fingerprint density at radius 2 is 1.86 bits per heavy atom. The third kappa shape index (κ3) is 4.55. The van der Waals surface area contributed by atoms with E-state index in [0.29, 0.717) is 12.5 Å². The predicted octanol–water partition coefficient (Wildman–Crippen LogP) is 3.47. The van der Waals surface area contributed by atoms with Gasteiger partial charge in [-0.05, 0) is 43.5 Å². The lowest BCUT2D eigenvalue weighted by molar-refractivity contribution is 0.102. The molecule has 5 nitrogen and oxygen atoms in total. The van der Waals surface area contributed by atoms with Gasteiger partial charge in [0.1, 0.15) is 0 Å². The lowest BCUT2D eigenvalue weighted by Gasteiger charge is -2.06. The lowest BCUT2D eigenvalue weighted by atomic mass is 10.1. The number of anilines is 1. The molecule has 1 amide bonds. The quantitative estimate of drug-likeness (QED) is 0.850. The minimum Gasteiger partial charge on any atom is -0.477 e. The number of unbranched alkanes of at least 4 members (excludes halogenated alkanes) is 1. The van der Waals surface area contributed by atoms with Gasteiger partial charge in [-0.1, -0.05) is 25.5 Å². The predicted molar refractivity (Wildman–Crippen MR) is 86.2 cm³/mol. The Bertz CT molecular complexity index is 594. The fourth-order valence-corrected chi connectivity index (χ4v) is 2.00. The van der Waals surface area contributed by atoms with Crippen molar-refractivity contribution in [1.29, 1.82) is 0 Å². The number of nitrogens with zero attached hydrogens (tertiary/aromatic N) is 2. The van der Waals surface area contributed by atoms with E-state index < -0.39 is 0 Å². The van der Waals surface area contributed by atoms with Gasteiger partial charge in [-0.25, -0.2) is 0 Å². The average molecular weight is 299 g/mol. The van der Waals surface area contributed by atoms with Gasteiger partial charge in [0.2, 0.25) is 5.88 Å². The molecule has 1 aromatic carbocycles. The zero-order valence-electron chi connectivity index (χ0n) is 13.0. The molecule has 1 N–H and O–H groups in total. The molecule has 0 radical (unpaired) electrons. The van der Waals surface area contributed by atoms with Crippen molar-refractivity contribution in [2.45, 2.75) is 33.1 Å². The van der Waals surface area contributed by atoms with Crippen LogP contribution in [0.3, 0.4) is 0 Å². The van der Waals surface area contributed by atoms with E-state index in [1.807, 2.05) is 31.2 Å². The van der Waals surface area contributed by atoms with Crippen LogP contribution in [0.2, 0.25) is 0 Å². The van der Waals surface area contributed by atoms with E-state index in [9.17, 15) is 4.79 Å². The maximum atomic E-state index is 12.1. The van der Waals surface area contributed by atoms with Crippen LogP contribution in [0.15, 0.2) is 36.4 Å². The molecule has 116 valence electrons. The highest BCUT2D eigenvalue weighted by Gasteiger charge is 2.09. The fraction of sp³-hybridized carbons (Fsp3) is 0.353. The summed E-state index contributed by atoms with van der Waals surface area (Å²) in [7, 11) is 0. The second kappa shape index (κ2) is 8.12. The van der Waals surface area contributed by atoms with Crippen molar-refractivity contribution in [2.75, 3.05) is 11.9 Å². The highest BCUT2D eigenvalue weighted by Crippen LogP contribution is 2.13. The minimum atomic E-state index is -0.281. The van der Waals surface area contributed by atoms with Crippen molar-refractivity contribution in [3.63, 3.8) is 0 Å². The van der Waals surface area contributed by atoms with Gasteiger partial charge in [-0.3, -0.25) is 4.79 Å². The van der Waals surface area contributed by atoms with Gasteiger partial charge in [-0.2, -0.15) is 0 Å². The monoisotopic (exact) mass is 299 g/mol. The lowest BCUT2D eigenvalue weighted by Crippen LogP contribution is -2.14. The number of aromatic nitrogens is 2. The third-order valence-corrected chi connectivity index (χ3v) is 3.20. The number of aryl methyl sites for hydroxylation is 1. The second-order valence-corrected chi connectivity index (χ2v) is 4.94. The van der Waals surface area contributed by atoms with Crippen molar-refractivity contribution < 1.29 is 9.53 Å². The molecule has 0 saturated carbocycles. The van der Waals surface area contributed by atoms with E-state index in [2.05, 4.69) is 22.4 Å². The molecule has 0 aliphatic carbocycles. The number of benzene rings is 1. The van der Waals surface area contributed by atoms with E-state index in [1.54, 1.807) is 12.1 Å². The van der Waals surface area contributed by atoms with Crippen LogP contribution < -0.4 is 10.1 Å². The largest absolute Gasteiger partial charge is 0.477 e. The van der Waals surface area contributed by atoms with Crippen LogP contribution in [0, 0.1) is 0 Å². The maximum absolute atomic E-state index is 12.1. The van der Waals surface area contributed by atoms with Gasteiger partial charge >= 0.3 is 0 Å². The van der Waals surface area contributed by atoms with Gasteiger partial charge < -0.3 is 10.1 Å². The molecule has 0 saturated heterocycles. The average Bonchev–Trinajstić information content (AvgIpc) is 2.55. The number of nitrogens with one attached hydrogen (secondary N) is 1. The van der Waals surface area contributed by atoms with Crippen molar-refractivity contribution in [1.82, 2.24) is 10.2 Å². The van der Waals surface area contributed by atoms with E-state index in [1.165, 1.54) is 18.4 Å². The first kappa shape index (κ1) is 15.9. The van der Waals surface area contributed by atoms with Crippen molar-refractivity contribution in [2.24, 2.45) is 0 Å². The molecule has 0 unspecified atom stereocenters. The van der Waals surface area contributed by atoms with E-state index in [-0.39, 0.29) is 11.6 Å². The van der Waals surface area contributed by atoms with Crippen LogP contribution in [0.25, 0.3) is 0 Å². The number of carbonyl (C=O) groups excluding carboxylic acids is 1. The van der Waals surface area contributed by atoms with Crippen molar-refractivity contribution in [3.8, 4) is 5.88 Å². The Labute approximate surface area is 130 Å². The summed E-state index contributed by atoms with van der Waals surface area (Å²) in [5.74, 6) is 0.135. The Hall–Kier alpha value is -2.43. The fourth-order valence-electron chi connectivity index (χ4n) is 2.00. The SMILES string of the molecule is CCCCc1ccc(NC(=O)c2ccc(OCC)nn2)cc1. The Balaban J connectivity index is 1.96. The van der Waals surface area contributed by atoms with Crippen LogP contribution in [-0.2, 0) is 6.42 Å². The van der Waals surface area contributed by atoms with Crippen molar-refractivity contribution in [3.05, 3.63) is 47.7 Å². The number of amides is 1. The smallest absolute Gasteiger partial charge is 0.276 e. The third-order valence-electron chi connectivity index (χ3n) is 3.20. The van der Waals surface area contributed by atoms with E-state index in [0.717, 1.165) is 12.1 Å². The van der Waals surface area contributed by atoms with Gasteiger partial charge in [0, 0.05) is 11.8 Å². The molecule has 22 heavy (non-hydrogen) atoms. The summed E-state index contributed by atoms with van der Waals surface area (Å²) in [5, 5.41) is 10.5. The normalized spacial score (nSPS) is 10.3. The van der Waals surface area contributed by atoms with Crippen molar-refractivity contribution >= 4 is 11.6 Å². The topological polar surface area (TPSA) is 64.1 Å². The van der Waals surface area contributed by atoms with Gasteiger partial charge in [0.15, 0.2) is 5.69 Å². The molecular formula is C17H21N3O2. The van der Waals surface area contributed by atoms with Crippen LogP contribution >= 0.6 is 0 Å². The van der Waals surface area contributed by atoms with Crippen LogP contribution in [0.1, 0.15) is 42.7 Å².